The molecule has 0 fully saturated rings. The Morgan fingerprint density at radius 1 is 1.24 bits per heavy atom. The summed E-state index contributed by atoms with van der Waals surface area (Å²) >= 11 is 0. The summed E-state index contributed by atoms with van der Waals surface area (Å²) in [4.78, 5) is 12.9. The molecule has 17 heavy (non-hydrogen) atoms. The minimum Gasteiger partial charge on any atom is -0.480 e. The number of hydrogen-bond acceptors (Lipinski definition) is 2. The predicted molar refractivity (Wildman–Crippen MR) is 69.5 cm³/mol. The molecule has 1 rings (SSSR count). The Kier molecular flexibility index (Phi) is 4.29. The quantitative estimate of drug-likeness (QED) is 0.869. The first-order chi connectivity index (χ1) is 7.82. The number of rotatable bonds is 4. The van der Waals surface area contributed by atoms with Crippen LogP contribution in [0.4, 0.5) is 0 Å². The number of benzene rings is 1. The Hall–Kier alpha value is -1.35. The molecule has 0 aliphatic carbocycles. The van der Waals surface area contributed by atoms with E-state index in [0.29, 0.717) is 6.42 Å². The number of hydrogen-bond donors (Lipinski definition) is 1. The lowest BCUT2D eigenvalue weighted by Gasteiger charge is -2.22. The Bertz CT molecular complexity index is 401. The van der Waals surface area contributed by atoms with Crippen molar-refractivity contribution < 1.29 is 9.90 Å². The smallest absolute Gasteiger partial charge is 0.321 e. The molecule has 0 saturated carbocycles. The van der Waals surface area contributed by atoms with Crippen LogP contribution >= 0.6 is 0 Å². The van der Waals surface area contributed by atoms with Crippen LogP contribution in [0.5, 0.6) is 0 Å². The number of aryl methyl sites for hydroxylation is 3. The minimum absolute atomic E-state index is 0.463. The second kappa shape index (κ2) is 5.32. The Labute approximate surface area is 103 Å². The van der Waals surface area contributed by atoms with E-state index in [-0.39, 0.29) is 0 Å². The van der Waals surface area contributed by atoms with Crippen molar-refractivity contribution in [3.8, 4) is 0 Å². The number of aliphatic carboxylic acids is 1. The van der Waals surface area contributed by atoms with Crippen molar-refractivity contribution in [3.63, 3.8) is 0 Å². The van der Waals surface area contributed by atoms with E-state index in [9.17, 15) is 9.90 Å². The number of likely N-dealkylation sites (N-methyl/N-ethyl adjacent to an activating group) is 1. The fourth-order valence-electron chi connectivity index (χ4n) is 2.22. The van der Waals surface area contributed by atoms with Gasteiger partial charge in [-0.05, 0) is 58.0 Å². The molecular formula is C14H21NO2. The summed E-state index contributed by atoms with van der Waals surface area (Å²) in [7, 11) is 3.61. The molecule has 0 aliphatic rings. The van der Waals surface area contributed by atoms with Crippen LogP contribution in [0.1, 0.15) is 22.3 Å². The molecule has 0 aromatic heterocycles. The highest BCUT2D eigenvalue weighted by Gasteiger charge is 2.21. The zero-order valence-corrected chi connectivity index (χ0v) is 11.2. The zero-order valence-electron chi connectivity index (χ0n) is 11.2. The van der Waals surface area contributed by atoms with E-state index in [4.69, 9.17) is 0 Å². The summed E-state index contributed by atoms with van der Waals surface area (Å²) in [6.07, 6.45) is 0.556. The number of carboxylic acid groups (broad SMARTS) is 1. The summed E-state index contributed by atoms with van der Waals surface area (Å²) in [5.41, 5.74) is 4.73. The molecule has 1 N–H and O–H groups in total. The highest BCUT2D eigenvalue weighted by atomic mass is 16.4. The molecule has 0 amide bonds. The average Bonchev–Trinajstić information content (AvgIpc) is 2.14. The maximum absolute atomic E-state index is 11.2. The minimum atomic E-state index is -0.769. The standard InChI is InChI=1S/C14H21NO2/c1-9-6-10(2)12(11(3)7-9)8-13(14(16)17)15(4)5/h6-7,13H,8H2,1-5H3,(H,16,17). The first-order valence-electron chi connectivity index (χ1n) is 5.79. The highest BCUT2D eigenvalue weighted by Crippen LogP contribution is 2.19. The highest BCUT2D eigenvalue weighted by molar-refractivity contribution is 5.74. The largest absolute Gasteiger partial charge is 0.480 e. The van der Waals surface area contributed by atoms with Gasteiger partial charge in [0.1, 0.15) is 6.04 Å². The second-order valence-electron chi connectivity index (χ2n) is 4.90. The fourth-order valence-corrected chi connectivity index (χ4v) is 2.22. The van der Waals surface area contributed by atoms with E-state index in [1.807, 2.05) is 13.8 Å². The van der Waals surface area contributed by atoms with Gasteiger partial charge in [-0.15, -0.1) is 0 Å². The van der Waals surface area contributed by atoms with Crippen LogP contribution in [0.15, 0.2) is 12.1 Å². The summed E-state index contributed by atoms with van der Waals surface area (Å²) in [5.74, 6) is -0.769. The van der Waals surface area contributed by atoms with Gasteiger partial charge >= 0.3 is 5.97 Å². The van der Waals surface area contributed by atoms with Crippen LogP contribution < -0.4 is 0 Å². The molecule has 0 radical (unpaired) electrons. The molecule has 94 valence electrons. The van der Waals surface area contributed by atoms with Crippen molar-refractivity contribution in [1.29, 1.82) is 0 Å². The molecule has 0 bridgehead atoms. The van der Waals surface area contributed by atoms with Gasteiger partial charge in [0, 0.05) is 0 Å². The van der Waals surface area contributed by atoms with Crippen LogP contribution in [0.2, 0.25) is 0 Å². The van der Waals surface area contributed by atoms with Crippen molar-refractivity contribution in [3.05, 3.63) is 34.4 Å². The van der Waals surface area contributed by atoms with Crippen LogP contribution in [0, 0.1) is 20.8 Å². The third-order valence-corrected chi connectivity index (χ3v) is 3.15. The van der Waals surface area contributed by atoms with Crippen LogP contribution in [-0.2, 0) is 11.2 Å². The normalized spacial score (nSPS) is 12.8. The molecule has 1 aromatic carbocycles. The van der Waals surface area contributed by atoms with Crippen molar-refractivity contribution in [2.24, 2.45) is 0 Å². The maximum atomic E-state index is 11.2. The number of carboxylic acids is 1. The third-order valence-electron chi connectivity index (χ3n) is 3.15. The molecule has 1 atom stereocenters. The third kappa shape index (κ3) is 3.30. The Morgan fingerprint density at radius 2 is 1.71 bits per heavy atom. The lowest BCUT2D eigenvalue weighted by Crippen LogP contribution is -2.37. The van der Waals surface area contributed by atoms with E-state index >= 15 is 0 Å². The van der Waals surface area contributed by atoms with Gasteiger partial charge in [-0.25, -0.2) is 0 Å². The van der Waals surface area contributed by atoms with Crippen LogP contribution in [0.25, 0.3) is 0 Å². The summed E-state index contributed by atoms with van der Waals surface area (Å²) in [6.45, 7) is 6.15. The molecular weight excluding hydrogens is 214 g/mol. The van der Waals surface area contributed by atoms with E-state index in [0.717, 1.165) is 5.56 Å². The summed E-state index contributed by atoms with van der Waals surface area (Å²) in [5, 5.41) is 9.20. The lowest BCUT2D eigenvalue weighted by atomic mass is 9.94. The maximum Gasteiger partial charge on any atom is 0.321 e. The zero-order chi connectivity index (χ0) is 13.2. The first-order valence-corrected chi connectivity index (χ1v) is 5.79. The second-order valence-corrected chi connectivity index (χ2v) is 4.90. The van der Waals surface area contributed by atoms with E-state index < -0.39 is 12.0 Å². The van der Waals surface area contributed by atoms with Gasteiger partial charge in [-0.3, -0.25) is 9.69 Å². The molecule has 3 heteroatoms. The average molecular weight is 235 g/mol. The Morgan fingerprint density at radius 3 is 2.06 bits per heavy atom. The van der Waals surface area contributed by atoms with Crippen LogP contribution in [-0.4, -0.2) is 36.1 Å². The molecule has 1 aromatic rings. The van der Waals surface area contributed by atoms with E-state index in [1.165, 1.54) is 16.7 Å². The monoisotopic (exact) mass is 235 g/mol. The van der Waals surface area contributed by atoms with Gasteiger partial charge in [0.15, 0.2) is 0 Å². The van der Waals surface area contributed by atoms with Gasteiger partial charge in [0.05, 0.1) is 0 Å². The Balaban J connectivity index is 3.05. The van der Waals surface area contributed by atoms with E-state index in [1.54, 1.807) is 19.0 Å². The SMILES string of the molecule is Cc1cc(C)c(CC(C(=O)O)N(C)C)c(C)c1. The summed E-state index contributed by atoms with van der Waals surface area (Å²) in [6, 6.07) is 3.75. The van der Waals surface area contributed by atoms with Crippen molar-refractivity contribution in [2.45, 2.75) is 33.2 Å². The molecule has 0 saturated heterocycles. The molecule has 3 nitrogen and oxygen atoms in total. The molecule has 1 unspecified atom stereocenters. The van der Waals surface area contributed by atoms with Gasteiger partial charge in [-0.1, -0.05) is 17.7 Å². The predicted octanol–water partition coefficient (Wildman–Crippen LogP) is 2.17. The van der Waals surface area contributed by atoms with Crippen molar-refractivity contribution in [1.82, 2.24) is 4.90 Å². The van der Waals surface area contributed by atoms with Crippen molar-refractivity contribution >= 4 is 5.97 Å². The summed E-state index contributed by atoms with van der Waals surface area (Å²) < 4.78 is 0. The van der Waals surface area contributed by atoms with Crippen molar-refractivity contribution in [2.75, 3.05) is 14.1 Å². The molecule has 0 heterocycles. The van der Waals surface area contributed by atoms with Crippen LogP contribution in [0.3, 0.4) is 0 Å². The molecule has 0 aliphatic heterocycles. The first kappa shape index (κ1) is 13.7. The topological polar surface area (TPSA) is 40.5 Å². The van der Waals surface area contributed by atoms with Gasteiger partial charge in [0.25, 0.3) is 0 Å². The lowest BCUT2D eigenvalue weighted by molar-refractivity contribution is -0.142. The van der Waals surface area contributed by atoms with E-state index in [2.05, 4.69) is 19.1 Å². The number of carbonyl (C=O) groups is 1. The number of nitrogens with zero attached hydrogens (tertiary/aromatic N) is 1. The molecule has 0 spiro atoms. The van der Waals surface area contributed by atoms with Gasteiger partial charge in [-0.2, -0.15) is 0 Å². The van der Waals surface area contributed by atoms with Gasteiger partial charge < -0.3 is 5.11 Å². The van der Waals surface area contributed by atoms with Gasteiger partial charge in [0.2, 0.25) is 0 Å². The fraction of sp³-hybridized carbons (Fsp3) is 0.500.